The van der Waals surface area contributed by atoms with Crippen LogP contribution in [0.25, 0.3) is 11.1 Å². The van der Waals surface area contributed by atoms with E-state index in [0.717, 1.165) is 16.0 Å². The number of rotatable bonds is 7. The van der Waals surface area contributed by atoms with E-state index in [4.69, 9.17) is 10.00 Å². The minimum atomic E-state index is -1.16. The van der Waals surface area contributed by atoms with Gasteiger partial charge in [0.05, 0.1) is 29.5 Å². The highest BCUT2D eigenvalue weighted by molar-refractivity contribution is 6.00. The standard InChI is InChI=1S/C24H25N3O5/c1-3-26-23(31)27-19(12-24(2,22(27)30)13-21(28)29)15-32-20-10-8-18(9-11-20)17-6-4-16(14-25)5-7-17/h4-11,19H,3,12-13,15H2,1-2H3,(H,26,31)(H,28,29)/t19-,24-/m0/s1. The Balaban J connectivity index is 1.71. The van der Waals surface area contributed by atoms with Crippen LogP contribution in [0.1, 0.15) is 32.3 Å². The third-order valence-electron chi connectivity index (χ3n) is 5.52. The van der Waals surface area contributed by atoms with Crippen molar-refractivity contribution in [2.24, 2.45) is 5.41 Å². The summed E-state index contributed by atoms with van der Waals surface area (Å²) in [5, 5.41) is 20.7. The molecule has 32 heavy (non-hydrogen) atoms. The Bertz CT molecular complexity index is 1040. The maximum Gasteiger partial charge on any atom is 0.324 e. The Morgan fingerprint density at radius 1 is 1.19 bits per heavy atom. The number of hydrogen-bond donors (Lipinski definition) is 2. The Morgan fingerprint density at radius 3 is 2.31 bits per heavy atom. The highest BCUT2D eigenvalue weighted by Crippen LogP contribution is 2.39. The Labute approximate surface area is 186 Å². The van der Waals surface area contributed by atoms with Gasteiger partial charge in [-0.3, -0.25) is 14.5 Å². The van der Waals surface area contributed by atoms with Crippen LogP contribution < -0.4 is 10.1 Å². The molecule has 1 aliphatic heterocycles. The lowest BCUT2D eigenvalue weighted by Gasteiger charge is -2.23. The molecule has 2 N–H and O–H groups in total. The van der Waals surface area contributed by atoms with E-state index >= 15 is 0 Å². The van der Waals surface area contributed by atoms with Crippen LogP contribution in [-0.4, -0.2) is 47.1 Å². The SMILES string of the molecule is CCNC(=O)N1C(=O)[C@](C)(CC(=O)O)C[C@H]1COc1ccc(-c2ccc(C#N)cc2)cc1. The molecule has 166 valence electrons. The van der Waals surface area contributed by atoms with Crippen LogP contribution in [0.4, 0.5) is 4.79 Å². The van der Waals surface area contributed by atoms with E-state index in [1.165, 1.54) is 0 Å². The number of amides is 3. The van der Waals surface area contributed by atoms with Gasteiger partial charge in [-0.2, -0.15) is 5.26 Å². The number of likely N-dealkylation sites (tertiary alicyclic amines) is 1. The number of benzene rings is 2. The molecule has 2 aromatic carbocycles. The summed E-state index contributed by atoms with van der Waals surface area (Å²) in [5.74, 6) is -1.02. The number of nitriles is 1. The minimum absolute atomic E-state index is 0.0638. The molecular weight excluding hydrogens is 410 g/mol. The van der Waals surface area contributed by atoms with Crippen LogP contribution in [0.2, 0.25) is 0 Å². The largest absolute Gasteiger partial charge is 0.491 e. The second kappa shape index (κ2) is 9.52. The zero-order valence-electron chi connectivity index (χ0n) is 18.0. The molecule has 8 nitrogen and oxygen atoms in total. The number of ether oxygens (including phenoxy) is 1. The summed E-state index contributed by atoms with van der Waals surface area (Å²) in [6.45, 7) is 3.73. The molecule has 0 unspecified atom stereocenters. The van der Waals surface area contributed by atoms with Gasteiger partial charge >= 0.3 is 12.0 Å². The van der Waals surface area contributed by atoms with Crippen LogP contribution in [0.3, 0.4) is 0 Å². The summed E-state index contributed by atoms with van der Waals surface area (Å²) >= 11 is 0. The molecule has 2 atom stereocenters. The molecule has 8 heteroatoms. The molecule has 0 aromatic heterocycles. The predicted octanol–water partition coefficient (Wildman–Crippen LogP) is 3.42. The zero-order valence-corrected chi connectivity index (χ0v) is 18.0. The Hall–Kier alpha value is -3.86. The predicted molar refractivity (Wildman–Crippen MR) is 117 cm³/mol. The van der Waals surface area contributed by atoms with Gasteiger partial charge in [0.1, 0.15) is 12.4 Å². The molecule has 3 rings (SSSR count). The van der Waals surface area contributed by atoms with Gasteiger partial charge in [-0.1, -0.05) is 31.2 Å². The zero-order chi connectivity index (χ0) is 23.3. The molecule has 0 aliphatic carbocycles. The Kier molecular flexibility index (Phi) is 6.79. The summed E-state index contributed by atoms with van der Waals surface area (Å²) in [4.78, 5) is 37.7. The molecular formula is C24H25N3O5. The van der Waals surface area contributed by atoms with Crippen molar-refractivity contribution < 1.29 is 24.2 Å². The lowest BCUT2D eigenvalue weighted by Crippen LogP contribution is -2.48. The smallest absolute Gasteiger partial charge is 0.324 e. The van der Waals surface area contributed by atoms with E-state index in [1.54, 1.807) is 38.1 Å². The second-order valence-electron chi connectivity index (χ2n) is 8.02. The molecule has 1 saturated heterocycles. The van der Waals surface area contributed by atoms with Crippen molar-refractivity contribution in [1.82, 2.24) is 10.2 Å². The summed E-state index contributed by atoms with van der Waals surface area (Å²) in [6, 6.07) is 15.5. The van der Waals surface area contributed by atoms with Gasteiger partial charge < -0.3 is 15.2 Å². The lowest BCUT2D eigenvalue weighted by atomic mass is 9.84. The molecule has 0 radical (unpaired) electrons. The molecule has 1 aliphatic rings. The number of carbonyl (C=O) groups is 3. The summed E-state index contributed by atoms with van der Waals surface area (Å²) in [7, 11) is 0. The van der Waals surface area contributed by atoms with Crippen LogP contribution in [-0.2, 0) is 9.59 Å². The van der Waals surface area contributed by atoms with Crippen molar-refractivity contribution in [3.8, 4) is 22.9 Å². The maximum atomic E-state index is 12.9. The van der Waals surface area contributed by atoms with Crippen molar-refractivity contribution >= 4 is 17.9 Å². The topological polar surface area (TPSA) is 120 Å². The third-order valence-corrected chi connectivity index (χ3v) is 5.52. The summed E-state index contributed by atoms with van der Waals surface area (Å²) in [6.07, 6.45) is -0.143. The van der Waals surface area contributed by atoms with Gasteiger partial charge in [0.25, 0.3) is 0 Å². The van der Waals surface area contributed by atoms with Crippen molar-refractivity contribution in [1.29, 1.82) is 5.26 Å². The number of carbonyl (C=O) groups excluding carboxylic acids is 2. The first-order chi connectivity index (χ1) is 15.3. The van der Waals surface area contributed by atoms with Crippen LogP contribution in [0, 0.1) is 16.7 Å². The maximum absolute atomic E-state index is 12.9. The van der Waals surface area contributed by atoms with Crippen molar-refractivity contribution in [3.05, 3.63) is 54.1 Å². The molecule has 0 saturated carbocycles. The van der Waals surface area contributed by atoms with Crippen molar-refractivity contribution in [2.75, 3.05) is 13.2 Å². The van der Waals surface area contributed by atoms with E-state index in [-0.39, 0.29) is 19.4 Å². The van der Waals surface area contributed by atoms with E-state index in [2.05, 4.69) is 11.4 Å². The van der Waals surface area contributed by atoms with Crippen LogP contribution in [0.5, 0.6) is 5.75 Å². The van der Waals surface area contributed by atoms with Gasteiger partial charge in [-0.25, -0.2) is 4.79 Å². The number of aliphatic carboxylic acids is 1. The molecule has 0 bridgehead atoms. The first kappa shape index (κ1) is 22.8. The van der Waals surface area contributed by atoms with Gasteiger partial charge in [-0.05, 0) is 48.7 Å². The number of carboxylic acid groups (broad SMARTS) is 1. The van der Waals surface area contributed by atoms with Gasteiger partial charge in [0, 0.05) is 6.54 Å². The number of nitrogens with zero attached hydrogens (tertiary/aromatic N) is 2. The Morgan fingerprint density at radius 2 is 1.78 bits per heavy atom. The van der Waals surface area contributed by atoms with Crippen LogP contribution in [0.15, 0.2) is 48.5 Å². The van der Waals surface area contributed by atoms with E-state index in [0.29, 0.717) is 17.9 Å². The number of imide groups is 1. The minimum Gasteiger partial charge on any atom is -0.491 e. The van der Waals surface area contributed by atoms with Crippen molar-refractivity contribution in [3.63, 3.8) is 0 Å². The fourth-order valence-corrected chi connectivity index (χ4v) is 3.94. The molecule has 1 heterocycles. The van der Waals surface area contributed by atoms with E-state index in [1.807, 2.05) is 24.3 Å². The highest BCUT2D eigenvalue weighted by Gasteiger charge is 2.52. The molecule has 0 spiro atoms. The first-order valence-corrected chi connectivity index (χ1v) is 10.3. The summed E-state index contributed by atoms with van der Waals surface area (Å²) in [5.41, 5.74) is 1.34. The normalized spacial score (nSPS) is 20.0. The molecule has 3 amide bonds. The van der Waals surface area contributed by atoms with E-state index < -0.39 is 29.4 Å². The number of urea groups is 1. The quantitative estimate of drug-likeness (QED) is 0.688. The average Bonchev–Trinajstić information content (AvgIpc) is 3.02. The average molecular weight is 435 g/mol. The lowest BCUT2D eigenvalue weighted by molar-refractivity contribution is -0.145. The molecule has 2 aromatic rings. The summed E-state index contributed by atoms with van der Waals surface area (Å²) < 4.78 is 5.86. The monoisotopic (exact) mass is 435 g/mol. The third kappa shape index (κ3) is 4.89. The van der Waals surface area contributed by atoms with E-state index in [9.17, 15) is 19.5 Å². The van der Waals surface area contributed by atoms with Gasteiger partial charge in [0.2, 0.25) is 5.91 Å². The number of nitrogens with one attached hydrogen (secondary N) is 1. The van der Waals surface area contributed by atoms with Gasteiger partial charge in [-0.15, -0.1) is 0 Å². The second-order valence-corrected chi connectivity index (χ2v) is 8.02. The van der Waals surface area contributed by atoms with Gasteiger partial charge in [0.15, 0.2) is 0 Å². The first-order valence-electron chi connectivity index (χ1n) is 10.3. The number of hydrogen-bond acceptors (Lipinski definition) is 5. The fraction of sp³-hybridized carbons (Fsp3) is 0.333. The molecule has 1 fully saturated rings. The fourth-order valence-electron chi connectivity index (χ4n) is 3.94. The van der Waals surface area contributed by atoms with Crippen molar-refractivity contribution in [2.45, 2.75) is 32.7 Å². The number of carboxylic acids is 1. The highest BCUT2D eigenvalue weighted by atomic mass is 16.5. The van der Waals surface area contributed by atoms with Crippen LogP contribution >= 0.6 is 0 Å².